The molecule has 3 heterocycles. The SMILES string of the molecule is c1cc2c3c(c1)-c1cccc4c1B3c1c(cccc1-4)S2. The third-order valence-electron chi connectivity index (χ3n) is 4.90. The van der Waals surface area contributed by atoms with Gasteiger partial charge < -0.3 is 0 Å². The Kier molecular flexibility index (Phi) is 1.51. The average Bonchev–Trinajstić information content (AvgIpc) is 3.01. The van der Waals surface area contributed by atoms with E-state index in [2.05, 4.69) is 54.6 Å². The molecule has 0 saturated heterocycles. The number of hydrogen-bond donors (Lipinski definition) is 0. The van der Waals surface area contributed by atoms with Gasteiger partial charge in [-0.05, 0) is 45.3 Å². The van der Waals surface area contributed by atoms with Gasteiger partial charge in [0.1, 0.15) is 0 Å². The van der Waals surface area contributed by atoms with Crippen molar-refractivity contribution in [1.82, 2.24) is 0 Å². The summed E-state index contributed by atoms with van der Waals surface area (Å²) in [6.07, 6.45) is 0. The van der Waals surface area contributed by atoms with Crippen molar-refractivity contribution < 1.29 is 0 Å². The monoisotopic (exact) mass is 268 g/mol. The number of rotatable bonds is 0. The Hall–Kier alpha value is -1.93. The molecule has 3 aliphatic rings. The highest BCUT2D eigenvalue weighted by molar-refractivity contribution is 8.00. The van der Waals surface area contributed by atoms with E-state index in [1.165, 1.54) is 32.0 Å². The molecule has 0 aromatic heterocycles. The smallest absolute Gasteiger partial charge is 0.0911 e. The third kappa shape index (κ3) is 0.890. The molecule has 0 radical (unpaired) electrons. The Morgan fingerprint density at radius 3 is 1.55 bits per heavy atom. The van der Waals surface area contributed by atoms with Gasteiger partial charge in [-0.2, -0.15) is 0 Å². The lowest BCUT2D eigenvalue weighted by Gasteiger charge is -2.21. The maximum absolute atomic E-state index is 2.29. The third-order valence-corrected chi connectivity index (χ3v) is 6.06. The van der Waals surface area contributed by atoms with Crippen LogP contribution in [-0.2, 0) is 0 Å². The van der Waals surface area contributed by atoms with E-state index in [-0.39, 0.29) is 0 Å². The van der Waals surface area contributed by atoms with E-state index in [0.717, 1.165) is 0 Å². The molecule has 3 aliphatic heterocycles. The molecule has 20 heavy (non-hydrogen) atoms. The van der Waals surface area contributed by atoms with Crippen molar-refractivity contribution >= 4 is 34.9 Å². The van der Waals surface area contributed by atoms with Crippen LogP contribution >= 0.6 is 11.8 Å². The summed E-state index contributed by atoms with van der Waals surface area (Å²) >= 11 is 1.94. The highest BCUT2D eigenvalue weighted by Crippen LogP contribution is 2.42. The second-order valence-electron chi connectivity index (χ2n) is 5.74. The zero-order chi connectivity index (χ0) is 12.8. The zero-order valence-corrected chi connectivity index (χ0v) is 11.5. The maximum atomic E-state index is 2.29. The maximum Gasteiger partial charge on any atom is 0.247 e. The van der Waals surface area contributed by atoms with Gasteiger partial charge >= 0.3 is 0 Å². The number of benzene rings is 3. The summed E-state index contributed by atoms with van der Waals surface area (Å²) in [6.45, 7) is 0.500. The fourth-order valence-electron chi connectivity index (χ4n) is 4.23. The Bertz CT molecular complexity index is 870. The molecule has 0 amide bonds. The number of hydrogen-bond acceptors (Lipinski definition) is 1. The molecule has 3 aromatic carbocycles. The number of fused-ring (bicyclic) bond motifs is 2. The lowest BCUT2D eigenvalue weighted by Crippen LogP contribution is -2.49. The van der Waals surface area contributed by atoms with E-state index in [9.17, 15) is 0 Å². The van der Waals surface area contributed by atoms with Gasteiger partial charge in [0.15, 0.2) is 0 Å². The van der Waals surface area contributed by atoms with Crippen molar-refractivity contribution in [2.24, 2.45) is 0 Å². The first-order valence-electron chi connectivity index (χ1n) is 7.01. The van der Waals surface area contributed by atoms with E-state index in [4.69, 9.17) is 0 Å². The summed E-state index contributed by atoms with van der Waals surface area (Å²) < 4.78 is 0. The van der Waals surface area contributed by atoms with Crippen molar-refractivity contribution in [3.63, 3.8) is 0 Å². The Balaban J connectivity index is 1.92. The second-order valence-corrected chi connectivity index (χ2v) is 6.82. The Morgan fingerprint density at radius 2 is 1.00 bits per heavy atom. The van der Waals surface area contributed by atoms with E-state index in [1.54, 1.807) is 16.4 Å². The van der Waals surface area contributed by atoms with Gasteiger partial charge in [-0.25, -0.2) is 0 Å². The molecule has 0 unspecified atom stereocenters. The highest BCUT2D eigenvalue weighted by Gasteiger charge is 2.46. The van der Waals surface area contributed by atoms with Gasteiger partial charge in [0, 0.05) is 9.79 Å². The second kappa shape index (κ2) is 3.04. The molecule has 0 nitrogen and oxygen atoms in total. The predicted molar refractivity (Wildman–Crippen MR) is 86.1 cm³/mol. The summed E-state index contributed by atoms with van der Waals surface area (Å²) in [5.74, 6) is 0. The van der Waals surface area contributed by atoms with Crippen LogP contribution in [0.5, 0.6) is 0 Å². The summed E-state index contributed by atoms with van der Waals surface area (Å²) in [7, 11) is 0. The zero-order valence-electron chi connectivity index (χ0n) is 10.7. The van der Waals surface area contributed by atoms with Gasteiger partial charge in [0.2, 0.25) is 6.71 Å². The van der Waals surface area contributed by atoms with Gasteiger partial charge in [-0.3, -0.25) is 0 Å². The van der Waals surface area contributed by atoms with Crippen molar-refractivity contribution in [2.45, 2.75) is 9.79 Å². The Morgan fingerprint density at radius 1 is 0.550 bits per heavy atom. The fraction of sp³-hybridized carbons (Fsp3) is 0. The molecule has 3 aromatic rings. The van der Waals surface area contributed by atoms with Crippen molar-refractivity contribution in [1.29, 1.82) is 0 Å². The summed E-state index contributed by atoms with van der Waals surface area (Å²) in [5, 5.41) is 0. The van der Waals surface area contributed by atoms with Gasteiger partial charge in [-0.15, -0.1) is 0 Å². The van der Waals surface area contributed by atoms with Crippen molar-refractivity contribution in [3.8, 4) is 22.3 Å². The minimum Gasteiger partial charge on any atom is -0.0911 e. The molecule has 0 bridgehead atoms. The van der Waals surface area contributed by atoms with Crippen LogP contribution in [0.4, 0.5) is 0 Å². The molecule has 0 spiro atoms. The van der Waals surface area contributed by atoms with Gasteiger partial charge in [0.05, 0.1) is 0 Å². The predicted octanol–water partition coefficient (Wildman–Crippen LogP) is 2.63. The Labute approximate surface area is 121 Å². The van der Waals surface area contributed by atoms with E-state index < -0.39 is 0 Å². The summed E-state index contributed by atoms with van der Waals surface area (Å²) in [6, 6.07) is 20.4. The first-order valence-corrected chi connectivity index (χ1v) is 7.82. The lowest BCUT2D eigenvalue weighted by molar-refractivity contribution is 1.44. The molecule has 6 rings (SSSR count). The molecule has 0 N–H and O–H groups in total. The molecule has 0 atom stereocenters. The standard InChI is InChI=1S/C18H9BS/c1-4-10-12-6-2-8-14-17(12)19-16(10)11(5-1)13-7-3-9-15(20-14)18(13)19/h1-9H. The van der Waals surface area contributed by atoms with E-state index in [0.29, 0.717) is 6.71 Å². The molecule has 90 valence electrons. The molecule has 0 fully saturated rings. The lowest BCUT2D eigenvalue weighted by atomic mass is 9.41. The van der Waals surface area contributed by atoms with Gasteiger partial charge in [0.25, 0.3) is 0 Å². The molecule has 2 heteroatoms. The normalized spacial score (nSPS) is 14.7. The molecule has 0 aliphatic carbocycles. The van der Waals surface area contributed by atoms with Crippen LogP contribution in [0.15, 0.2) is 64.4 Å². The van der Waals surface area contributed by atoms with E-state index in [1.807, 2.05) is 11.8 Å². The first-order chi connectivity index (χ1) is 9.93. The van der Waals surface area contributed by atoms with Crippen LogP contribution in [0.25, 0.3) is 22.3 Å². The molecular weight excluding hydrogens is 259 g/mol. The molecular formula is C18H9BS. The van der Waals surface area contributed by atoms with Crippen LogP contribution in [-0.4, -0.2) is 6.71 Å². The molecule has 0 saturated carbocycles. The van der Waals surface area contributed by atoms with Gasteiger partial charge in [-0.1, -0.05) is 59.7 Å². The quantitative estimate of drug-likeness (QED) is 0.382. The largest absolute Gasteiger partial charge is 0.247 e. The van der Waals surface area contributed by atoms with Crippen LogP contribution in [0.3, 0.4) is 0 Å². The fourth-order valence-corrected chi connectivity index (χ4v) is 5.43. The van der Waals surface area contributed by atoms with Crippen LogP contribution in [0, 0.1) is 0 Å². The van der Waals surface area contributed by atoms with Crippen LogP contribution in [0.2, 0.25) is 0 Å². The van der Waals surface area contributed by atoms with Crippen molar-refractivity contribution in [2.75, 3.05) is 0 Å². The van der Waals surface area contributed by atoms with Crippen LogP contribution in [0.1, 0.15) is 0 Å². The minimum absolute atomic E-state index is 0.500. The van der Waals surface area contributed by atoms with Crippen molar-refractivity contribution in [3.05, 3.63) is 54.6 Å². The minimum atomic E-state index is 0.500. The average molecular weight is 268 g/mol. The summed E-state index contributed by atoms with van der Waals surface area (Å²) in [4.78, 5) is 2.89. The van der Waals surface area contributed by atoms with E-state index >= 15 is 0 Å². The highest BCUT2D eigenvalue weighted by atomic mass is 32.2. The summed E-state index contributed by atoms with van der Waals surface area (Å²) in [5.41, 5.74) is 10.5. The van der Waals surface area contributed by atoms with Crippen LogP contribution < -0.4 is 16.4 Å². The topological polar surface area (TPSA) is 0 Å². The first kappa shape index (κ1) is 9.90.